The molecule has 14 heavy (non-hydrogen) atoms. The Balaban J connectivity index is 2.83. The van der Waals surface area contributed by atoms with Gasteiger partial charge in [-0.1, -0.05) is 24.3 Å². The van der Waals surface area contributed by atoms with Crippen LogP contribution in [0.2, 0.25) is 0 Å². The van der Waals surface area contributed by atoms with Gasteiger partial charge in [-0.05, 0) is 5.56 Å². The largest absolute Gasteiger partial charge is 0.369 e. The first-order valence-corrected chi connectivity index (χ1v) is 4.00. The molecule has 4 nitrogen and oxygen atoms in total. The van der Waals surface area contributed by atoms with Crippen LogP contribution < -0.4 is 5.73 Å². The summed E-state index contributed by atoms with van der Waals surface area (Å²) in [6, 6.07) is 6.19. The molecule has 1 aromatic rings. The van der Waals surface area contributed by atoms with Crippen LogP contribution in [0.15, 0.2) is 24.3 Å². The summed E-state index contributed by atoms with van der Waals surface area (Å²) >= 11 is 0. The highest BCUT2D eigenvalue weighted by atomic mass is 16.2. The van der Waals surface area contributed by atoms with E-state index in [1.54, 1.807) is 12.1 Å². The van der Waals surface area contributed by atoms with Crippen molar-refractivity contribution in [3.63, 3.8) is 0 Å². The van der Waals surface area contributed by atoms with E-state index in [1.165, 1.54) is 12.1 Å². The van der Waals surface area contributed by atoms with Crippen molar-refractivity contribution in [2.75, 3.05) is 0 Å². The summed E-state index contributed by atoms with van der Waals surface area (Å²) in [6.45, 7) is 0. The van der Waals surface area contributed by atoms with Crippen molar-refractivity contribution in [1.82, 2.24) is 0 Å². The number of aldehydes is 1. The van der Waals surface area contributed by atoms with Crippen LogP contribution in [0.5, 0.6) is 0 Å². The van der Waals surface area contributed by atoms with Gasteiger partial charge in [0.05, 0.1) is 6.42 Å². The molecule has 0 radical (unpaired) electrons. The smallest absolute Gasteiger partial charge is 0.225 e. The Bertz CT molecular complexity index is 367. The molecule has 0 saturated carbocycles. The molecule has 0 aliphatic rings. The lowest BCUT2D eigenvalue weighted by Crippen LogP contribution is -2.13. The van der Waals surface area contributed by atoms with Gasteiger partial charge in [0.2, 0.25) is 11.7 Å². The molecule has 0 atom stereocenters. The van der Waals surface area contributed by atoms with E-state index < -0.39 is 11.7 Å². The zero-order valence-corrected chi connectivity index (χ0v) is 7.40. The molecule has 0 fully saturated rings. The molecule has 0 saturated heterocycles. The highest BCUT2D eigenvalue weighted by molar-refractivity contribution is 6.33. The monoisotopic (exact) mass is 191 g/mol. The van der Waals surface area contributed by atoms with Crippen molar-refractivity contribution in [1.29, 1.82) is 0 Å². The Labute approximate surface area is 80.7 Å². The second kappa shape index (κ2) is 4.32. The van der Waals surface area contributed by atoms with E-state index in [1.807, 2.05) is 0 Å². The van der Waals surface area contributed by atoms with Crippen LogP contribution in [0.25, 0.3) is 0 Å². The molecule has 0 unspecified atom stereocenters. The summed E-state index contributed by atoms with van der Waals surface area (Å²) in [4.78, 5) is 31.6. The van der Waals surface area contributed by atoms with Gasteiger partial charge in [-0.15, -0.1) is 0 Å². The van der Waals surface area contributed by atoms with Crippen molar-refractivity contribution in [2.24, 2.45) is 5.73 Å². The molecule has 0 spiro atoms. The minimum atomic E-state index is -0.573. The molecule has 1 rings (SSSR count). The van der Waals surface area contributed by atoms with E-state index in [4.69, 9.17) is 5.73 Å². The standard InChI is InChI=1S/C10H9NO3/c11-10(14)5-7-1-3-8(4-2-7)9(13)6-12/h1-4,6H,5H2,(H2,11,14). The normalized spacial score (nSPS) is 9.43. The van der Waals surface area contributed by atoms with Gasteiger partial charge in [0.25, 0.3) is 0 Å². The van der Waals surface area contributed by atoms with Gasteiger partial charge >= 0.3 is 0 Å². The first-order valence-electron chi connectivity index (χ1n) is 4.00. The maximum atomic E-state index is 10.9. The van der Waals surface area contributed by atoms with Gasteiger partial charge < -0.3 is 5.73 Å². The summed E-state index contributed by atoms with van der Waals surface area (Å²) in [6.07, 6.45) is 0.388. The summed E-state index contributed by atoms with van der Waals surface area (Å²) in [5.74, 6) is -1.00. The Morgan fingerprint density at radius 3 is 2.21 bits per heavy atom. The van der Waals surface area contributed by atoms with Crippen molar-refractivity contribution in [3.05, 3.63) is 35.4 Å². The summed E-state index contributed by atoms with van der Waals surface area (Å²) in [7, 11) is 0. The third-order valence-corrected chi connectivity index (χ3v) is 1.72. The predicted octanol–water partition coefficient (Wildman–Crippen LogP) is 0.0960. The van der Waals surface area contributed by atoms with Crippen LogP contribution in [0.3, 0.4) is 0 Å². The molecule has 72 valence electrons. The highest BCUT2D eigenvalue weighted by Crippen LogP contribution is 2.04. The number of Topliss-reactive ketones (excluding diaryl/α,β-unsaturated/α-hetero) is 1. The van der Waals surface area contributed by atoms with Crippen LogP contribution in [-0.4, -0.2) is 18.0 Å². The number of hydrogen-bond donors (Lipinski definition) is 1. The Morgan fingerprint density at radius 1 is 1.21 bits per heavy atom. The number of amides is 1. The number of hydrogen-bond acceptors (Lipinski definition) is 3. The number of carbonyl (C=O) groups is 3. The first kappa shape index (κ1) is 10.1. The topological polar surface area (TPSA) is 77.2 Å². The minimum absolute atomic E-state index is 0.134. The highest BCUT2D eigenvalue weighted by Gasteiger charge is 2.04. The Morgan fingerprint density at radius 2 is 1.79 bits per heavy atom. The zero-order chi connectivity index (χ0) is 10.6. The molecule has 1 aromatic carbocycles. The fraction of sp³-hybridized carbons (Fsp3) is 0.100. The average molecular weight is 191 g/mol. The molecule has 0 heterocycles. The fourth-order valence-corrected chi connectivity index (χ4v) is 1.06. The quantitative estimate of drug-likeness (QED) is 0.416. The molecule has 1 amide bonds. The zero-order valence-electron chi connectivity index (χ0n) is 7.40. The molecule has 2 N–H and O–H groups in total. The Kier molecular flexibility index (Phi) is 3.12. The van der Waals surface area contributed by atoms with Crippen LogP contribution in [0, 0.1) is 0 Å². The summed E-state index contributed by atoms with van der Waals surface area (Å²) < 4.78 is 0. The van der Waals surface area contributed by atoms with E-state index in [2.05, 4.69) is 0 Å². The Hall–Kier alpha value is -1.97. The molecular weight excluding hydrogens is 182 g/mol. The second-order valence-electron chi connectivity index (χ2n) is 2.82. The van der Waals surface area contributed by atoms with Crippen molar-refractivity contribution < 1.29 is 14.4 Å². The minimum Gasteiger partial charge on any atom is -0.369 e. The molecule has 4 heteroatoms. The number of ketones is 1. The lowest BCUT2D eigenvalue weighted by atomic mass is 10.1. The first-order chi connectivity index (χ1) is 6.63. The third kappa shape index (κ3) is 2.52. The van der Waals surface area contributed by atoms with Crippen molar-refractivity contribution >= 4 is 18.0 Å². The summed E-state index contributed by atoms with van der Waals surface area (Å²) in [5.41, 5.74) is 6.02. The average Bonchev–Trinajstić information content (AvgIpc) is 2.17. The van der Waals surface area contributed by atoms with Gasteiger partial charge in [-0.3, -0.25) is 14.4 Å². The number of benzene rings is 1. The number of nitrogens with two attached hydrogens (primary N) is 1. The third-order valence-electron chi connectivity index (χ3n) is 1.72. The van der Waals surface area contributed by atoms with E-state index in [0.29, 0.717) is 5.56 Å². The lowest BCUT2D eigenvalue weighted by Gasteiger charge is -1.98. The maximum Gasteiger partial charge on any atom is 0.225 e. The number of rotatable bonds is 4. The second-order valence-corrected chi connectivity index (χ2v) is 2.82. The van der Waals surface area contributed by atoms with E-state index in [0.717, 1.165) is 5.56 Å². The molecule has 0 aromatic heterocycles. The van der Waals surface area contributed by atoms with Gasteiger partial charge in [0.1, 0.15) is 0 Å². The lowest BCUT2D eigenvalue weighted by molar-refractivity contribution is -0.117. The van der Waals surface area contributed by atoms with Gasteiger partial charge in [0, 0.05) is 5.56 Å². The van der Waals surface area contributed by atoms with E-state index in [-0.39, 0.29) is 12.7 Å². The SMILES string of the molecule is NC(=O)Cc1ccc(C(=O)C=O)cc1. The number of primary amides is 1. The van der Waals surface area contributed by atoms with Crippen LogP contribution >= 0.6 is 0 Å². The van der Waals surface area contributed by atoms with Gasteiger partial charge in [-0.2, -0.15) is 0 Å². The van der Waals surface area contributed by atoms with E-state index >= 15 is 0 Å². The van der Waals surface area contributed by atoms with Crippen molar-refractivity contribution in [2.45, 2.75) is 6.42 Å². The molecule has 0 aliphatic heterocycles. The fourth-order valence-electron chi connectivity index (χ4n) is 1.06. The maximum absolute atomic E-state index is 10.9. The van der Waals surface area contributed by atoms with Crippen LogP contribution in [0.1, 0.15) is 15.9 Å². The van der Waals surface area contributed by atoms with Gasteiger partial charge in [-0.25, -0.2) is 0 Å². The van der Waals surface area contributed by atoms with Crippen LogP contribution in [-0.2, 0) is 16.0 Å². The number of carbonyl (C=O) groups excluding carboxylic acids is 3. The molecule has 0 aliphatic carbocycles. The van der Waals surface area contributed by atoms with E-state index in [9.17, 15) is 14.4 Å². The van der Waals surface area contributed by atoms with Crippen LogP contribution in [0.4, 0.5) is 0 Å². The van der Waals surface area contributed by atoms with Gasteiger partial charge in [0.15, 0.2) is 6.29 Å². The molecule has 0 bridgehead atoms. The van der Waals surface area contributed by atoms with Crippen molar-refractivity contribution in [3.8, 4) is 0 Å². The predicted molar refractivity (Wildman–Crippen MR) is 49.7 cm³/mol. The molecular formula is C10H9NO3. The summed E-state index contributed by atoms with van der Waals surface area (Å²) in [5, 5.41) is 0.